The number of aryl methyl sites for hydroxylation is 1. The zero-order valence-electron chi connectivity index (χ0n) is 18.5. The first-order chi connectivity index (χ1) is 16.4. The number of nitrogens with one attached hydrogen (secondary N) is 1. The molecule has 0 radical (unpaired) electrons. The fourth-order valence-electron chi connectivity index (χ4n) is 3.53. The monoisotopic (exact) mass is 476 g/mol. The van der Waals surface area contributed by atoms with Gasteiger partial charge in [-0.05, 0) is 54.4 Å². The van der Waals surface area contributed by atoms with Crippen LogP contribution in [0.3, 0.4) is 0 Å². The van der Waals surface area contributed by atoms with Crippen LogP contribution in [0.5, 0.6) is 11.5 Å². The van der Waals surface area contributed by atoms with Crippen LogP contribution in [0, 0.1) is 0 Å². The Kier molecular flexibility index (Phi) is 6.65. The van der Waals surface area contributed by atoms with Crippen LogP contribution < -0.4 is 19.7 Å². The molecule has 0 saturated carbocycles. The van der Waals surface area contributed by atoms with Crippen LogP contribution in [0.15, 0.2) is 83.5 Å². The summed E-state index contributed by atoms with van der Waals surface area (Å²) in [7, 11) is 1.45. The fourth-order valence-corrected chi connectivity index (χ4v) is 3.75. The molecule has 0 fully saturated rings. The second-order valence-electron chi connectivity index (χ2n) is 7.36. The van der Waals surface area contributed by atoms with E-state index in [9.17, 15) is 14.4 Å². The predicted molar refractivity (Wildman–Crippen MR) is 129 cm³/mol. The van der Waals surface area contributed by atoms with Gasteiger partial charge >= 0.3 is 5.97 Å². The Balaban J connectivity index is 1.50. The molecule has 0 spiro atoms. The summed E-state index contributed by atoms with van der Waals surface area (Å²) in [4.78, 5) is 39.2. The number of nitrogens with zero attached hydrogens (tertiary/aromatic N) is 1. The van der Waals surface area contributed by atoms with Crippen LogP contribution in [-0.4, -0.2) is 24.9 Å². The Bertz CT molecular complexity index is 1300. The molecule has 0 aromatic heterocycles. The molecule has 3 aromatic carbocycles. The number of ether oxygens (including phenoxy) is 2. The van der Waals surface area contributed by atoms with E-state index in [2.05, 4.69) is 5.32 Å². The summed E-state index contributed by atoms with van der Waals surface area (Å²) in [6, 6.07) is 20.3. The van der Waals surface area contributed by atoms with Crippen molar-refractivity contribution in [3.8, 4) is 11.5 Å². The summed E-state index contributed by atoms with van der Waals surface area (Å²) in [5.41, 5.74) is 1.97. The third-order valence-corrected chi connectivity index (χ3v) is 5.65. The van der Waals surface area contributed by atoms with Crippen LogP contribution in [0.25, 0.3) is 0 Å². The molecule has 172 valence electrons. The van der Waals surface area contributed by atoms with Gasteiger partial charge in [0, 0.05) is 5.69 Å². The summed E-state index contributed by atoms with van der Waals surface area (Å²) in [5, 5.41) is 2.64. The smallest absolute Gasteiger partial charge is 0.343 e. The van der Waals surface area contributed by atoms with E-state index in [1.54, 1.807) is 60.7 Å². The third-order valence-electron chi connectivity index (χ3n) is 5.30. The second-order valence-corrected chi connectivity index (χ2v) is 7.74. The Morgan fingerprint density at radius 1 is 0.912 bits per heavy atom. The maximum atomic E-state index is 13.0. The summed E-state index contributed by atoms with van der Waals surface area (Å²) < 4.78 is 10.8. The van der Waals surface area contributed by atoms with E-state index in [0.717, 1.165) is 16.9 Å². The summed E-state index contributed by atoms with van der Waals surface area (Å²) in [6.45, 7) is 1.98. The lowest BCUT2D eigenvalue weighted by molar-refractivity contribution is -0.120. The average molecular weight is 477 g/mol. The minimum absolute atomic E-state index is 0.0650. The molecule has 1 aliphatic heterocycles. The first-order valence-corrected chi connectivity index (χ1v) is 10.9. The standard InChI is InChI=1S/C26H21ClN2O5/c1-3-16-8-4-6-10-20(16)34-26(32)17-12-14-18(15-13-17)28-23-22(27)24(30)29(25(23)31)19-9-5-7-11-21(19)33-2/h4-15,28H,3H2,1-2H3. The Hall–Kier alpha value is -4.10. The number of amides is 2. The quantitative estimate of drug-likeness (QED) is 0.296. The van der Waals surface area contributed by atoms with Crippen molar-refractivity contribution in [2.45, 2.75) is 13.3 Å². The van der Waals surface area contributed by atoms with E-state index < -0.39 is 17.8 Å². The fraction of sp³-hybridized carbons (Fsp3) is 0.115. The van der Waals surface area contributed by atoms with Gasteiger partial charge in [-0.1, -0.05) is 48.9 Å². The molecule has 1 N–H and O–H groups in total. The predicted octanol–water partition coefficient (Wildman–Crippen LogP) is 4.91. The molecule has 34 heavy (non-hydrogen) atoms. The van der Waals surface area contributed by atoms with Gasteiger partial charge in [0.25, 0.3) is 11.8 Å². The first-order valence-electron chi connectivity index (χ1n) is 10.5. The number of halogens is 1. The van der Waals surface area contributed by atoms with Crippen molar-refractivity contribution in [3.63, 3.8) is 0 Å². The van der Waals surface area contributed by atoms with Gasteiger partial charge in [-0.3, -0.25) is 9.59 Å². The van der Waals surface area contributed by atoms with Gasteiger partial charge in [-0.2, -0.15) is 0 Å². The molecule has 0 saturated heterocycles. The maximum Gasteiger partial charge on any atom is 0.343 e. The van der Waals surface area contributed by atoms with Gasteiger partial charge in [0.15, 0.2) is 0 Å². The number of imide groups is 1. The minimum atomic E-state index is -0.659. The highest BCUT2D eigenvalue weighted by Gasteiger charge is 2.40. The normalized spacial score (nSPS) is 13.3. The maximum absolute atomic E-state index is 13.0. The number of methoxy groups -OCH3 is 1. The van der Waals surface area contributed by atoms with E-state index in [1.807, 2.05) is 19.1 Å². The summed E-state index contributed by atoms with van der Waals surface area (Å²) >= 11 is 6.20. The van der Waals surface area contributed by atoms with Crippen molar-refractivity contribution >= 4 is 40.8 Å². The highest BCUT2D eigenvalue weighted by atomic mass is 35.5. The van der Waals surface area contributed by atoms with E-state index in [-0.39, 0.29) is 10.7 Å². The molecule has 7 nitrogen and oxygen atoms in total. The van der Waals surface area contributed by atoms with E-state index >= 15 is 0 Å². The van der Waals surface area contributed by atoms with Crippen molar-refractivity contribution in [2.75, 3.05) is 17.3 Å². The second kappa shape index (κ2) is 9.80. The molecule has 2 amide bonds. The molecule has 1 aliphatic rings. The number of benzene rings is 3. The number of para-hydroxylation sites is 3. The molecule has 4 rings (SSSR count). The molecule has 3 aromatic rings. The molecule has 1 heterocycles. The van der Waals surface area contributed by atoms with Crippen LogP contribution in [0.4, 0.5) is 11.4 Å². The highest BCUT2D eigenvalue weighted by Crippen LogP contribution is 2.35. The van der Waals surface area contributed by atoms with E-state index in [4.69, 9.17) is 21.1 Å². The van der Waals surface area contributed by atoms with Gasteiger partial charge in [-0.25, -0.2) is 9.69 Å². The molecular formula is C26H21ClN2O5. The van der Waals surface area contributed by atoms with Crippen LogP contribution in [0.1, 0.15) is 22.8 Å². The molecule has 0 atom stereocenters. The number of carbonyl (C=O) groups is 3. The molecule has 0 unspecified atom stereocenters. The average Bonchev–Trinajstić information content (AvgIpc) is 3.07. The Labute approximate surface area is 201 Å². The number of esters is 1. The Morgan fingerprint density at radius 3 is 2.24 bits per heavy atom. The van der Waals surface area contributed by atoms with Crippen molar-refractivity contribution in [1.82, 2.24) is 0 Å². The van der Waals surface area contributed by atoms with Crippen LogP contribution in [0.2, 0.25) is 0 Å². The lowest BCUT2D eigenvalue weighted by Crippen LogP contribution is -2.32. The summed E-state index contributed by atoms with van der Waals surface area (Å²) in [6.07, 6.45) is 0.737. The van der Waals surface area contributed by atoms with Crippen molar-refractivity contribution in [2.24, 2.45) is 0 Å². The van der Waals surface area contributed by atoms with Gasteiger partial charge in [0.2, 0.25) is 0 Å². The van der Waals surface area contributed by atoms with Crippen molar-refractivity contribution in [1.29, 1.82) is 0 Å². The van der Waals surface area contributed by atoms with Crippen molar-refractivity contribution < 1.29 is 23.9 Å². The number of rotatable bonds is 7. The number of carbonyl (C=O) groups excluding carboxylic acids is 3. The SMILES string of the molecule is CCc1ccccc1OC(=O)c1ccc(NC2=C(Cl)C(=O)N(c3ccccc3OC)C2=O)cc1. The van der Waals surface area contributed by atoms with Gasteiger partial charge < -0.3 is 14.8 Å². The zero-order chi connectivity index (χ0) is 24.2. The zero-order valence-corrected chi connectivity index (χ0v) is 19.3. The molecule has 0 bridgehead atoms. The lowest BCUT2D eigenvalue weighted by Gasteiger charge is -2.17. The number of hydrogen-bond acceptors (Lipinski definition) is 6. The molecular weight excluding hydrogens is 456 g/mol. The lowest BCUT2D eigenvalue weighted by atomic mass is 10.1. The third kappa shape index (κ3) is 4.38. The Morgan fingerprint density at radius 2 is 1.56 bits per heavy atom. The molecule has 8 heteroatoms. The first kappa shape index (κ1) is 23.1. The highest BCUT2D eigenvalue weighted by molar-refractivity contribution is 6.53. The number of hydrogen-bond donors (Lipinski definition) is 1. The van der Waals surface area contributed by atoms with Gasteiger partial charge in [0.05, 0.1) is 18.4 Å². The van der Waals surface area contributed by atoms with Crippen LogP contribution in [-0.2, 0) is 16.0 Å². The van der Waals surface area contributed by atoms with Gasteiger partial charge in [-0.15, -0.1) is 0 Å². The van der Waals surface area contributed by atoms with E-state index in [1.165, 1.54) is 7.11 Å². The molecule has 0 aliphatic carbocycles. The largest absolute Gasteiger partial charge is 0.495 e. The van der Waals surface area contributed by atoms with E-state index in [0.29, 0.717) is 28.4 Å². The topological polar surface area (TPSA) is 84.9 Å². The van der Waals surface area contributed by atoms with Crippen LogP contribution >= 0.6 is 11.6 Å². The summed E-state index contributed by atoms with van der Waals surface area (Å²) in [5.74, 6) is -0.894. The van der Waals surface area contributed by atoms with Gasteiger partial charge in [0.1, 0.15) is 22.2 Å². The van der Waals surface area contributed by atoms with Crippen molar-refractivity contribution in [3.05, 3.63) is 94.7 Å². The minimum Gasteiger partial charge on any atom is -0.495 e. The number of anilines is 2.